The van der Waals surface area contributed by atoms with E-state index in [-0.39, 0.29) is 12.6 Å². The molecule has 1 aromatic rings. The molecule has 18 heavy (non-hydrogen) atoms. The van der Waals surface area contributed by atoms with Gasteiger partial charge in [-0.05, 0) is 24.6 Å². The third-order valence-corrected chi connectivity index (χ3v) is 2.38. The average Bonchev–Trinajstić information content (AvgIpc) is 2.35. The Morgan fingerprint density at radius 3 is 2.94 bits per heavy atom. The van der Waals surface area contributed by atoms with Crippen molar-refractivity contribution in [3.05, 3.63) is 35.4 Å². The molecule has 1 atom stereocenters. The van der Waals surface area contributed by atoms with E-state index in [0.29, 0.717) is 12.1 Å². The van der Waals surface area contributed by atoms with E-state index in [2.05, 4.69) is 5.32 Å². The van der Waals surface area contributed by atoms with Crippen LogP contribution in [0.1, 0.15) is 18.1 Å². The Labute approximate surface area is 107 Å². The molecule has 0 aliphatic rings. The van der Waals surface area contributed by atoms with Gasteiger partial charge in [-0.1, -0.05) is 12.1 Å². The van der Waals surface area contributed by atoms with Crippen LogP contribution in [0.5, 0.6) is 0 Å². The molecule has 5 heteroatoms. The fourth-order valence-corrected chi connectivity index (χ4v) is 1.54. The molecular formula is C13H17N3O2. The first kappa shape index (κ1) is 14.0. The van der Waals surface area contributed by atoms with Crippen molar-refractivity contribution in [2.45, 2.75) is 19.6 Å². The molecular weight excluding hydrogens is 230 g/mol. The summed E-state index contributed by atoms with van der Waals surface area (Å²) in [5.74, 6) is 0. The van der Waals surface area contributed by atoms with Gasteiger partial charge in [0, 0.05) is 20.1 Å². The van der Waals surface area contributed by atoms with E-state index in [1.165, 1.54) is 4.90 Å². The highest BCUT2D eigenvalue weighted by atomic mass is 16.3. The maximum Gasteiger partial charge on any atom is 0.317 e. The Morgan fingerprint density at radius 1 is 1.61 bits per heavy atom. The van der Waals surface area contributed by atoms with Crippen LogP contribution in [0, 0.1) is 11.3 Å². The van der Waals surface area contributed by atoms with Crippen LogP contribution in [0.3, 0.4) is 0 Å². The summed E-state index contributed by atoms with van der Waals surface area (Å²) in [6.07, 6.45) is -0.553. The lowest BCUT2D eigenvalue weighted by molar-refractivity contribution is 0.143. The fourth-order valence-electron chi connectivity index (χ4n) is 1.54. The van der Waals surface area contributed by atoms with Crippen LogP contribution < -0.4 is 5.32 Å². The molecule has 0 saturated carbocycles. The number of rotatable bonds is 4. The number of nitrogens with one attached hydrogen (secondary N) is 1. The van der Waals surface area contributed by atoms with E-state index >= 15 is 0 Å². The van der Waals surface area contributed by atoms with Crippen molar-refractivity contribution < 1.29 is 9.90 Å². The smallest absolute Gasteiger partial charge is 0.317 e. The molecule has 0 aromatic heterocycles. The fraction of sp³-hybridized carbons (Fsp3) is 0.385. The number of nitrogens with zero attached hydrogens (tertiary/aromatic N) is 2. The molecule has 0 bridgehead atoms. The maximum atomic E-state index is 11.6. The predicted octanol–water partition coefficient (Wildman–Crippen LogP) is 1.08. The van der Waals surface area contributed by atoms with Crippen LogP contribution in [0.4, 0.5) is 4.79 Å². The summed E-state index contributed by atoms with van der Waals surface area (Å²) in [7, 11) is 1.62. The zero-order valence-electron chi connectivity index (χ0n) is 10.6. The van der Waals surface area contributed by atoms with Crippen LogP contribution in [-0.2, 0) is 6.54 Å². The van der Waals surface area contributed by atoms with Gasteiger partial charge in [0.25, 0.3) is 0 Å². The van der Waals surface area contributed by atoms with E-state index in [1.807, 2.05) is 12.1 Å². The van der Waals surface area contributed by atoms with Crippen molar-refractivity contribution >= 4 is 6.03 Å². The van der Waals surface area contributed by atoms with Crippen molar-refractivity contribution in [3.8, 4) is 6.07 Å². The van der Waals surface area contributed by atoms with Gasteiger partial charge in [0.2, 0.25) is 0 Å². The third kappa shape index (κ3) is 4.44. The standard InChI is InChI=1S/C13H17N3O2/c1-10(17)9-16(2)13(18)15-8-12-5-3-4-11(6-12)7-14/h3-6,10,17H,8-9H2,1-2H3,(H,15,18). The second kappa shape index (κ2) is 6.62. The summed E-state index contributed by atoms with van der Waals surface area (Å²) < 4.78 is 0. The Bertz CT molecular complexity index is 452. The summed E-state index contributed by atoms with van der Waals surface area (Å²) in [6.45, 7) is 2.27. The first-order valence-electron chi connectivity index (χ1n) is 5.69. The van der Waals surface area contributed by atoms with Gasteiger partial charge in [0.1, 0.15) is 0 Å². The summed E-state index contributed by atoms with van der Waals surface area (Å²) in [5, 5.41) is 20.6. The molecule has 96 valence electrons. The number of aliphatic hydroxyl groups excluding tert-OH is 1. The first-order valence-corrected chi connectivity index (χ1v) is 5.69. The zero-order chi connectivity index (χ0) is 13.5. The van der Waals surface area contributed by atoms with Gasteiger partial charge >= 0.3 is 6.03 Å². The molecule has 0 aliphatic heterocycles. The molecule has 1 aromatic carbocycles. The number of aliphatic hydroxyl groups is 1. The van der Waals surface area contributed by atoms with E-state index in [9.17, 15) is 4.79 Å². The summed E-state index contributed by atoms with van der Waals surface area (Å²) in [6, 6.07) is 8.86. The highest BCUT2D eigenvalue weighted by Crippen LogP contribution is 2.03. The van der Waals surface area contributed by atoms with Gasteiger partial charge in [-0.15, -0.1) is 0 Å². The minimum absolute atomic E-state index is 0.252. The molecule has 5 nitrogen and oxygen atoms in total. The zero-order valence-corrected chi connectivity index (χ0v) is 10.6. The Balaban J connectivity index is 2.49. The Hall–Kier alpha value is -2.06. The number of hydrogen-bond acceptors (Lipinski definition) is 3. The quantitative estimate of drug-likeness (QED) is 0.836. The Morgan fingerprint density at radius 2 is 2.33 bits per heavy atom. The monoisotopic (exact) mass is 247 g/mol. The summed E-state index contributed by atoms with van der Waals surface area (Å²) in [5.41, 5.74) is 1.44. The van der Waals surface area contributed by atoms with Gasteiger partial charge in [-0.3, -0.25) is 0 Å². The van der Waals surface area contributed by atoms with Gasteiger partial charge in [0.15, 0.2) is 0 Å². The number of carbonyl (C=O) groups excluding carboxylic acids is 1. The molecule has 0 fully saturated rings. The van der Waals surface area contributed by atoms with Crippen LogP contribution in [0.25, 0.3) is 0 Å². The molecule has 0 spiro atoms. The van der Waals surface area contributed by atoms with Gasteiger partial charge in [-0.2, -0.15) is 5.26 Å². The number of hydrogen-bond donors (Lipinski definition) is 2. The van der Waals surface area contributed by atoms with Crippen molar-refractivity contribution in [1.82, 2.24) is 10.2 Å². The number of nitriles is 1. The van der Waals surface area contributed by atoms with E-state index in [1.54, 1.807) is 32.2 Å². The van der Waals surface area contributed by atoms with Crippen molar-refractivity contribution in [3.63, 3.8) is 0 Å². The van der Waals surface area contributed by atoms with Crippen LogP contribution in [0.15, 0.2) is 24.3 Å². The second-order valence-electron chi connectivity index (χ2n) is 4.20. The van der Waals surface area contributed by atoms with E-state index in [4.69, 9.17) is 10.4 Å². The molecule has 1 unspecified atom stereocenters. The first-order chi connectivity index (χ1) is 8.52. The van der Waals surface area contributed by atoms with Gasteiger partial charge in [-0.25, -0.2) is 4.79 Å². The lowest BCUT2D eigenvalue weighted by atomic mass is 10.1. The third-order valence-electron chi connectivity index (χ3n) is 2.38. The molecule has 2 amide bonds. The predicted molar refractivity (Wildman–Crippen MR) is 67.7 cm³/mol. The van der Waals surface area contributed by atoms with Crippen molar-refractivity contribution in [2.75, 3.05) is 13.6 Å². The molecule has 0 heterocycles. The molecule has 0 radical (unpaired) electrons. The number of benzene rings is 1. The second-order valence-corrected chi connectivity index (χ2v) is 4.20. The average molecular weight is 247 g/mol. The van der Waals surface area contributed by atoms with E-state index in [0.717, 1.165) is 5.56 Å². The van der Waals surface area contributed by atoms with Crippen molar-refractivity contribution in [1.29, 1.82) is 5.26 Å². The van der Waals surface area contributed by atoms with Gasteiger partial charge in [0.05, 0.1) is 17.7 Å². The molecule has 2 N–H and O–H groups in total. The normalized spacial score (nSPS) is 11.4. The minimum atomic E-state index is -0.553. The topological polar surface area (TPSA) is 76.4 Å². The summed E-state index contributed by atoms with van der Waals surface area (Å²) >= 11 is 0. The van der Waals surface area contributed by atoms with Gasteiger partial charge < -0.3 is 15.3 Å². The number of carbonyl (C=O) groups is 1. The molecule has 1 rings (SSSR count). The lowest BCUT2D eigenvalue weighted by Gasteiger charge is -2.19. The number of urea groups is 1. The largest absolute Gasteiger partial charge is 0.392 e. The van der Waals surface area contributed by atoms with Crippen LogP contribution in [-0.4, -0.2) is 35.7 Å². The SMILES string of the molecule is CC(O)CN(C)C(=O)NCc1cccc(C#N)c1. The number of likely N-dealkylation sites (N-methyl/N-ethyl adjacent to an activating group) is 1. The highest BCUT2D eigenvalue weighted by Gasteiger charge is 2.10. The minimum Gasteiger partial charge on any atom is -0.392 e. The molecule has 0 aliphatic carbocycles. The summed E-state index contributed by atoms with van der Waals surface area (Å²) in [4.78, 5) is 13.1. The Kier molecular flexibility index (Phi) is 5.15. The highest BCUT2D eigenvalue weighted by molar-refractivity contribution is 5.73. The molecule has 0 saturated heterocycles. The van der Waals surface area contributed by atoms with Crippen LogP contribution >= 0.6 is 0 Å². The van der Waals surface area contributed by atoms with E-state index < -0.39 is 6.10 Å². The maximum absolute atomic E-state index is 11.6. The van der Waals surface area contributed by atoms with Crippen LogP contribution in [0.2, 0.25) is 0 Å². The number of amides is 2. The lowest BCUT2D eigenvalue weighted by Crippen LogP contribution is -2.40. The van der Waals surface area contributed by atoms with Crippen molar-refractivity contribution in [2.24, 2.45) is 0 Å².